The van der Waals surface area contributed by atoms with Crippen LogP contribution in [-0.4, -0.2) is 30.4 Å². The van der Waals surface area contributed by atoms with E-state index >= 15 is 0 Å². The van der Waals surface area contributed by atoms with Crippen molar-refractivity contribution >= 4 is 17.3 Å². The molecule has 0 bridgehead atoms. The molecule has 2 aromatic heterocycles. The molecule has 2 heterocycles. The van der Waals surface area contributed by atoms with Gasteiger partial charge in [-0.3, -0.25) is 4.79 Å². The molecule has 7 heteroatoms. The van der Waals surface area contributed by atoms with Gasteiger partial charge >= 0.3 is 0 Å². The van der Waals surface area contributed by atoms with Crippen LogP contribution in [0.1, 0.15) is 16.2 Å². The third-order valence-electron chi connectivity index (χ3n) is 2.38. The van der Waals surface area contributed by atoms with Crippen LogP contribution >= 0.6 is 11.5 Å². The largest absolute Gasteiger partial charge is 0.285 e. The van der Waals surface area contributed by atoms with Crippen LogP contribution in [0, 0.1) is 0 Å². The second kappa shape index (κ2) is 4.46. The van der Waals surface area contributed by atoms with E-state index in [2.05, 4.69) is 19.9 Å². The minimum Gasteiger partial charge on any atom is -0.285 e. The topological polar surface area (TPSA) is 73.6 Å². The minimum absolute atomic E-state index is 0.238. The summed E-state index contributed by atoms with van der Waals surface area (Å²) in [7, 11) is 0. The fourth-order valence-corrected chi connectivity index (χ4v) is 1.98. The van der Waals surface area contributed by atoms with Gasteiger partial charge in [-0.25, -0.2) is 4.68 Å². The number of aromatic nitrogens is 5. The molecule has 0 unspecified atom stereocenters. The zero-order chi connectivity index (χ0) is 12.4. The summed E-state index contributed by atoms with van der Waals surface area (Å²) in [5, 5.41) is 13.1. The van der Waals surface area contributed by atoms with Crippen LogP contribution in [0.5, 0.6) is 0 Å². The standard InChI is InChI=1S/C11H7N5OS/c17-11(9-7-18-15-13-9)10-6-12-14-16(10)8-4-2-1-3-5-8/h1-7H. The monoisotopic (exact) mass is 257 g/mol. The molecule has 0 saturated heterocycles. The van der Waals surface area contributed by atoms with Gasteiger partial charge in [-0.1, -0.05) is 27.9 Å². The lowest BCUT2D eigenvalue weighted by molar-refractivity contribution is 0.102. The first-order chi connectivity index (χ1) is 8.86. The SMILES string of the molecule is O=C(c1csnn1)c1cnnn1-c1ccccc1. The first kappa shape index (κ1) is 10.7. The van der Waals surface area contributed by atoms with E-state index in [9.17, 15) is 4.79 Å². The second-order valence-electron chi connectivity index (χ2n) is 3.49. The molecule has 0 atom stereocenters. The van der Waals surface area contributed by atoms with Crippen molar-refractivity contribution in [3.63, 3.8) is 0 Å². The molecule has 0 spiro atoms. The number of carbonyl (C=O) groups excluding carboxylic acids is 1. The number of para-hydroxylation sites is 1. The van der Waals surface area contributed by atoms with Crippen LogP contribution in [0.25, 0.3) is 5.69 Å². The molecule has 3 rings (SSSR count). The van der Waals surface area contributed by atoms with Crippen LogP contribution in [0.2, 0.25) is 0 Å². The Morgan fingerprint density at radius 1 is 1.22 bits per heavy atom. The van der Waals surface area contributed by atoms with Crippen molar-refractivity contribution in [3.8, 4) is 5.69 Å². The third kappa shape index (κ3) is 1.80. The van der Waals surface area contributed by atoms with E-state index in [4.69, 9.17) is 0 Å². The number of benzene rings is 1. The quantitative estimate of drug-likeness (QED) is 0.662. The molecule has 6 nitrogen and oxygen atoms in total. The van der Waals surface area contributed by atoms with E-state index < -0.39 is 0 Å². The summed E-state index contributed by atoms with van der Waals surface area (Å²) in [6, 6.07) is 9.34. The summed E-state index contributed by atoms with van der Waals surface area (Å²) in [6.07, 6.45) is 1.43. The average molecular weight is 257 g/mol. The number of carbonyl (C=O) groups is 1. The predicted molar refractivity (Wildman–Crippen MR) is 64.7 cm³/mol. The van der Waals surface area contributed by atoms with Gasteiger partial charge in [0.2, 0.25) is 5.78 Å². The molecule has 0 fully saturated rings. The molecular formula is C11H7N5OS. The molecule has 18 heavy (non-hydrogen) atoms. The summed E-state index contributed by atoms with van der Waals surface area (Å²) < 4.78 is 5.16. The zero-order valence-electron chi connectivity index (χ0n) is 9.09. The smallest absolute Gasteiger partial charge is 0.234 e. The molecule has 0 N–H and O–H groups in total. The fourth-order valence-electron chi connectivity index (χ4n) is 1.54. The van der Waals surface area contributed by atoms with E-state index in [0.717, 1.165) is 17.2 Å². The Kier molecular flexibility index (Phi) is 2.66. The van der Waals surface area contributed by atoms with Crippen molar-refractivity contribution in [3.05, 3.63) is 53.3 Å². The van der Waals surface area contributed by atoms with Gasteiger partial charge < -0.3 is 0 Å². The molecular weight excluding hydrogens is 250 g/mol. The van der Waals surface area contributed by atoms with Crippen molar-refractivity contribution < 1.29 is 4.79 Å². The van der Waals surface area contributed by atoms with Crippen molar-refractivity contribution in [1.82, 2.24) is 24.6 Å². The van der Waals surface area contributed by atoms with Crippen molar-refractivity contribution in [2.75, 3.05) is 0 Å². The molecule has 0 amide bonds. The lowest BCUT2D eigenvalue weighted by Gasteiger charge is -2.03. The maximum absolute atomic E-state index is 12.2. The van der Waals surface area contributed by atoms with Crippen LogP contribution in [-0.2, 0) is 0 Å². The van der Waals surface area contributed by atoms with Crippen molar-refractivity contribution in [2.45, 2.75) is 0 Å². The minimum atomic E-state index is -0.238. The molecule has 0 aliphatic heterocycles. The normalized spacial score (nSPS) is 10.4. The zero-order valence-corrected chi connectivity index (χ0v) is 9.91. The van der Waals surface area contributed by atoms with Gasteiger partial charge in [-0.05, 0) is 23.7 Å². The first-order valence-electron chi connectivity index (χ1n) is 5.14. The van der Waals surface area contributed by atoms with E-state index in [1.807, 2.05) is 30.3 Å². The summed E-state index contributed by atoms with van der Waals surface area (Å²) in [5.74, 6) is -0.238. The van der Waals surface area contributed by atoms with Crippen LogP contribution in [0.4, 0.5) is 0 Å². The molecule has 1 aromatic carbocycles. The second-order valence-corrected chi connectivity index (χ2v) is 4.10. The van der Waals surface area contributed by atoms with Crippen LogP contribution < -0.4 is 0 Å². The lowest BCUT2D eigenvalue weighted by Crippen LogP contribution is -2.10. The summed E-state index contributed by atoms with van der Waals surface area (Å²) in [4.78, 5) is 12.2. The molecule has 0 saturated carbocycles. The van der Waals surface area contributed by atoms with E-state index in [1.54, 1.807) is 5.38 Å². The van der Waals surface area contributed by atoms with Gasteiger partial charge in [-0.15, -0.1) is 10.2 Å². The highest BCUT2D eigenvalue weighted by atomic mass is 32.1. The van der Waals surface area contributed by atoms with Gasteiger partial charge in [0, 0.05) is 5.38 Å². The van der Waals surface area contributed by atoms with Gasteiger partial charge in [0.1, 0.15) is 11.4 Å². The van der Waals surface area contributed by atoms with Crippen molar-refractivity contribution in [1.29, 1.82) is 0 Å². The Bertz CT molecular complexity index is 662. The van der Waals surface area contributed by atoms with Gasteiger partial charge in [0.25, 0.3) is 0 Å². The lowest BCUT2D eigenvalue weighted by atomic mass is 10.2. The summed E-state index contributed by atoms with van der Waals surface area (Å²) in [5.41, 5.74) is 1.45. The van der Waals surface area contributed by atoms with E-state index in [-0.39, 0.29) is 5.78 Å². The Hall–Kier alpha value is -2.41. The molecule has 88 valence electrons. The Morgan fingerprint density at radius 3 is 2.78 bits per heavy atom. The molecule has 0 aliphatic rings. The predicted octanol–water partition coefficient (Wildman–Crippen LogP) is 1.35. The Morgan fingerprint density at radius 2 is 2.06 bits per heavy atom. The molecule has 3 aromatic rings. The van der Waals surface area contributed by atoms with E-state index in [1.165, 1.54) is 10.9 Å². The third-order valence-corrected chi connectivity index (χ3v) is 2.88. The van der Waals surface area contributed by atoms with Gasteiger partial charge in [0.15, 0.2) is 0 Å². The first-order valence-corrected chi connectivity index (χ1v) is 5.98. The van der Waals surface area contributed by atoms with Crippen LogP contribution in [0.3, 0.4) is 0 Å². The molecule has 0 aliphatic carbocycles. The van der Waals surface area contributed by atoms with Crippen molar-refractivity contribution in [2.24, 2.45) is 0 Å². The highest BCUT2D eigenvalue weighted by Crippen LogP contribution is 2.12. The number of hydrogen-bond acceptors (Lipinski definition) is 6. The summed E-state index contributed by atoms with van der Waals surface area (Å²) in [6.45, 7) is 0. The Labute approximate surface area is 106 Å². The average Bonchev–Trinajstić information content (AvgIpc) is 3.10. The fraction of sp³-hybridized carbons (Fsp3) is 0. The maximum Gasteiger partial charge on any atom is 0.234 e. The maximum atomic E-state index is 12.2. The number of nitrogens with zero attached hydrogens (tertiary/aromatic N) is 5. The summed E-state index contributed by atoms with van der Waals surface area (Å²) >= 11 is 1.13. The van der Waals surface area contributed by atoms with Gasteiger partial charge in [0.05, 0.1) is 11.9 Å². The highest BCUT2D eigenvalue weighted by molar-refractivity contribution is 7.03. The number of hydrogen-bond donors (Lipinski definition) is 0. The van der Waals surface area contributed by atoms with E-state index in [0.29, 0.717) is 11.4 Å². The number of ketones is 1. The molecule has 0 radical (unpaired) electrons. The van der Waals surface area contributed by atoms with Crippen LogP contribution in [0.15, 0.2) is 41.9 Å². The Balaban J connectivity index is 2.05. The van der Waals surface area contributed by atoms with Gasteiger partial charge in [-0.2, -0.15) is 0 Å². The highest BCUT2D eigenvalue weighted by Gasteiger charge is 2.18. The number of rotatable bonds is 3.